The van der Waals surface area contributed by atoms with E-state index in [0.29, 0.717) is 30.9 Å². The number of nitrogens with zero attached hydrogens (tertiary/aromatic N) is 1. The van der Waals surface area contributed by atoms with Crippen molar-refractivity contribution >= 4 is 5.91 Å². The smallest absolute Gasteiger partial charge is 0.223 e. The molecule has 32 heavy (non-hydrogen) atoms. The lowest BCUT2D eigenvalue weighted by Crippen LogP contribution is -2.40. The number of hydrogen-bond acceptors (Lipinski definition) is 4. The zero-order valence-corrected chi connectivity index (χ0v) is 18.8. The van der Waals surface area contributed by atoms with E-state index in [-0.39, 0.29) is 11.9 Å². The molecule has 5 heteroatoms. The van der Waals surface area contributed by atoms with E-state index >= 15 is 0 Å². The van der Waals surface area contributed by atoms with E-state index in [1.807, 2.05) is 59.5 Å². The Morgan fingerprint density at radius 3 is 2.25 bits per heavy atom. The van der Waals surface area contributed by atoms with Crippen LogP contribution >= 0.6 is 0 Å². The minimum absolute atomic E-state index is 0.130. The van der Waals surface area contributed by atoms with E-state index in [9.17, 15) is 4.79 Å². The molecular formula is C27H29NO4. The number of aryl methyl sites for hydroxylation is 1. The van der Waals surface area contributed by atoms with Gasteiger partial charge in [0, 0.05) is 13.0 Å². The number of carbonyl (C=O) groups excluding carboxylic acids is 1. The Hall–Kier alpha value is -3.47. The lowest BCUT2D eigenvalue weighted by atomic mass is 9.87. The molecule has 1 heterocycles. The standard InChI is InChI=1S/C27H29NO4/c1-30-23-12-8-7-9-19(23)13-14-26(29)28-16-15-21-17-24(31-2)25(32-3)18-22(21)27(28)20-10-5-4-6-11-20/h4-12,17-18,27H,13-16H2,1-3H3. The monoisotopic (exact) mass is 431 g/mol. The average molecular weight is 432 g/mol. The van der Waals surface area contributed by atoms with Crippen molar-refractivity contribution in [1.29, 1.82) is 0 Å². The molecular weight excluding hydrogens is 402 g/mol. The molecule has 0 saturated carbocycles. The highest BCUT2D eigenvalue weighted by Gasteiger charge is 2.33. The normalized spacial score (nSPS) is 15.1. The van der Waals surface area contributed by atoms with Crippen LogP contribution in [0.15, 0.2) is 66.7 Å². The van der Waals surface area contributed by atoms with Crippen molar-refractivity contribution in [2.45, 2.75) is 25.3 Å². The van der Waals surface area contributed by atoms with Crippen LogP contribution in [0.3, 0.4) is 0 Å². The summed E-state index contributed by atoms with van der Waals surface area (Å²) in [5, 5.41) is 0. The Morgan fingerprint density at radius 1 is 0.875 bits per heavy atom. The molecule has 0 saturated heterocycles. The van der Waals surface area contributed by atoms with Gasteiger partial charge < -0.3 is 19.1 Å². The fourth-order valence-corrected chi connectivity index (χ4v) is 4.50. The highest BCUT2D eigenvalue weighted by Crippen LogP contribution is 2.41. The first-order chi connectivity index (χ1) is 15.7. The quantitative estimate of drug-likeness (QED) is 0.538. The highest BCUT2D eigenvalue weighted by molar-refractivity contribution is 5.78. The third kappa shape index (κ3) is 4.28. The molecule has 1 amide bonds. The van der Waals surface area contributed by atoms with E-state index in [4.69, 9.17) is 14.2 Å². The van der Waals surface area contributed by atoms with Gasteiger partial charge in [-0.2, -0.15) is 0 Å². The first-order valence-corrected chi connectivity index (χ1v) is 10.9. The molecule has 166 valence electrons. The summed E-state index contributed by atoms with van der Waals surface area (Å²) in [5.74, 6) is 2.34. The molecule has 1 aliphatic heterocycles. The minimum atomic E-state index is -0.162. The van der Waals surface area contributed by atoms with Gasteiger partial charge in [-0.15, -0.1) is 0 Å². The largest absolute Gasteiger partial charge is 0.496 e. The number of para-hydroxylation sites is 1. The molecule has 3 aromatic rings. The van der Waals surface area contributed by atoms with E-state index in [1.54, 1.807) is 21.3 Å². The first kappa shape index (κ1) is 21.8. The van der Waals surface area contributed by atoms with Gasteiger partial charge in [0.1, 0.15) is 5.75 Å². The van der Waals surface area contributed by atoms with Crippen molar-refractivity contribution in [3.63, 3.8) is 0 Å². The Kier molecular flexibility index (Phi) is 6.64. The fourth-order valence-electron chi connectivity index (χ4n) is 4.50. The summed E-state index contributed by atoms with van der Waals surface area (Å²) in [6.45, 7) is 0.660. The minimum Gasteiger partial charge on any atom is -0.496 e. The first-order valence-electron chi connectivity index (χ1n) is 10.9. The lowest BCUT2D eigenvalue weighted by Gasteiger charge is -2.38. The Labute approximate surface area is 189 Å². The lowest BCUT2D eigenvalue weighted by molar-refractivity contribution is -0.133. The fraction of sp³-hybridized carbons (Fsp3) is 0.296. The van der Waals surface area contributed by atoms with Gasteiger partial charge in [0.15, 0.2) is 11.5 Å². The number of ether oxygens (including phenoxy) is 3. The number of rotatable bonds is 7. The third-order valence-corrected chi connectivity index (χ3v) is 6.11. The second-order valence-corrected chi connectivity index (χ2v) is 7.87. The Balaban J connectivity index is 1.66. The molecule has 0 spiro atoms. The van der Waals surface area contributed by atoms with Crippen molar-refractivity contribution in [2.75, 3.05) is 27.9 Å². The van der Waals surface area contributed by atoms with Gasteiger partial charge in [0.05, 0.1) is 27.4 Å². The maximum absolute atomic E-state index is 13.5. The van der Waals surface area contributed by atoms with Crippen LogP contribution in [-0.2, 0) is 17.6 Å². The molecule has 0 aromatic heterocycles. The van der Waals surface area contributed by atoms with Crippen LogP contribution in [-0.4, -0.2) is 38.7 Å². The number of methoxy groups -OCH3 is 3. The molecule has 1 aliphatic rings. The van der Waals surface area contributed by atoms with E-state index in [1.165, 1.54) is 5.56 Å². The third-order valence-electron chi connectivity index (χ3n) is 6.11. The molecule has 5 nitrogen and oxygen atoms in total. The number of benzene rings is 3. The summed E-state index contributed by atoms with van der Waals surface area (Å²) in [6, 6.07) is 22.0. The highest BCUT2D eigenvalue weighted by atomic mass is 16.5. The van der Waals surface area contributed by atoms with E-state index in [2.05, 4.69) is 12.1 Å². The number of carbonyl (C=O) groups is 1. The zero-order chi connectivity index (χ0) is 22.5. The van der Waals surface area contributed by atoms with Gasteiger partial charge in [-0.3, -0.25) is 4.79 Å². The van der Waals surface area contributed by atoms with Crippen molar-refractivity contribution in [1.82, 2.24) is 4.90 Å². The number of amides is 1. The Morgan fingerprint density at radius 2 is 1.53 bits per heavy atom. The van der Waals surface area contributed by atoms with Crippen LogP contribution in [0, 0.1) is 0 Å². The van der Waals surface area contributed by atoms with Crippen LogP contribution < -0.4 is 14.2 Å². The van der Waals surface area contributed by atoms with E-state index < -0.39 is 0 Å². The summed E-state index contributed by atoms with van der Waals surface area (Å²) in [4.78, 5) is 15.5. The zero-order valence-electron chi connectivity index (χ0n) is 18.8. The van der Waals surface area contributed by atoms with Crippen LogP contribution in [0.5, 0.6) is 17.2 Å². The molecule has 0 N–H and O–H groups in total. The second-order valence-electron chi connectivity index (χ2n) is 7.87. The summed E-state index contributed by atoms with van der Waals surface area (Å²) >= 11 is 0. The summed E-state index contributed by atoms with van der Waals surface area (Å²) in [7, 11) is 4.95. The molecule has 1 unspecified atom stereocenters. The van der Waals surface area contributed by atoms with Crippen molar-refractivity contribution in [3.8, 4) is 17.2 Å². The van der Waals surface area contributed by atoms with Crippen LogP contribution in [0.25, 0.3) is 0 Å². The summed E-state index contributed by atoms with van der Waals surface area (Å²) in [6.07, 6.45) is 1.84. The van der Waals surface area contributed by atoms with E-state index in [0.717, 1.165) is 28.9 Å². The Bertz CT molecular complexity index is 1080. The van der Waals surface area contributed by atoms with Gasteiger partial charge >= 0.3 is 0 Å². The molecule has 0 radical (unpaired) electrons. The van der Waals surface area contributed by atoms with Gasteiger partial charge in [-0.25, -0.2) is 0 Å². The summed E-state index contributed by atoms with van der Waals surface area (Å²) < 4.78 is 16.5. The molecule has 0 aliphatic carbocycles. The van der Waals surface area contributed by atoms with Crippen molar-refractivity contribution < 1.29 is 19.0 Å². The van der Waals surface area contributed by atoms with Crippen molar-refractivity contribution in [2.24, 2.45) is 0 Å². The molecule has 0 fully saturated rings. The van der Waals surface area contributed by atoms with Gasteiger partial charge in [-0.05, 0) is 53.3 Å². The average Bonchev–Trinajstić information content (AvgIpc) is 2.86. The molecule has 3 aromatic carbocycles. The van der Waals surface area contributed by atoms with Gasteiger partial charge in [0.2, 0.25) is 5.91 Å². The van der Waals surface area contributed by atoms with Crippen molar-refractivity contribution in [3.05, 3.63) is 89.0 Å². The number of hydrogen-bond donors (Lipinski definition) is 0. The second kappa shape index (κ2) is 9.77. The molecule has 0 bridgehead atoms. The summed E-state index contributed by atoms with van der Waals surface area (Å²) in [5.41, 5.74) is 4.41. The molecule has 1 atom stereocenters. The van der Waals surface area contributed by atoms with Gasteiger partial charge in [-0.1, -0.05) is 48.5 Å². The maximum Gasteiger partial charge on any atom is 0.223 e. The number of fused-ring (bicyclic) bond motifs is 1. The van der Waals surface area contributed by atoms with Gasteiger partial charge in [0.25, 0.3) is 0 Å². The maximum atomic E-state index is 13.5. The van der Waals surface area contributed by atoms with Crippen LogP contribution in [0.2, 0.25) is 0 Å². The topological polar surface area (TPSA) is 48.0 Å². The van der Waals surface area contributed by atoms with Crippen LogP contribution in [0.1, 0.15) is 34.7 Å². The SMILES string of the molecule is COc1ccccc1CCC(=O)N1CCc2cc(OC)c(OC)cc2C1c1ccccc1. The van der Waals surface area contributed by atoms with Crippen LogP contribution in [0.4, 0.5) is 0 Å². The molecule has 4 rings (SSSR count). The predicted octanol–water partition coefficient (Wildman–Crippen LogP) is 4.82. The predicted molar refractivity (Wildman–Crippen MR) is 125 cm³/mol.